The molecule has 5 atom stereocenters. The van der Waals surface area contributed by atoms with E-state index >= 15 is 0 Å². The van der Waals surface area contributed by atoms with Crippen molar-refractivity contribution in [3.8, 4) is 0 Å². The van der Waals surface area contributed by atoms with Crippen LogP contribution in [0, 0.1) is 11.8 Å². The van der Waals surface area contributed by atoms with Crippen LogP contribution in [0.2, 0.25) is 0 Å². The summed E-state index contributed by atoms with van der Waals surface area (Å²) in [6.07, 6.45) is 10.1. The zero-order chi connectivity index (χ0) is 24.7. The van der Waals surface area contributed by atoms with E-state index in [2.05, 4.69) is 0 Å². The second-order valence-corrected chi connectivity index (χ2v) is 10.9. The molecule has 188 valence electrons. The van der Waals surface area contributed by atoms with Gasteiger partial charge in [-0.3, -0.25) is 14.4 Å². The van der Waals surface area contributed by atoms with Crippen molar-refractivity contribution in [2.75, 3.05) is 32.8 Å². The number of aliphatic hydroxyl groups is 1. The van der Waals surface area contributed by atoms with Crippen LogP contribution >= 0.6 is 0 Å². The van der Waals surface area contributed by atoms with Gasteiger partial charge in [0.05, 0.1) is 17.9 Å². The Bertz CT molecular complexity index is 878. The van der Waals surface area contributed by atoms with Gasteiger partial charge < -0.3 is 24.5 Å². The van der Waals surface area contributed by atoms with Gasteiger partial charge in [-0.05, 0) is 46.5 Å². The highest BCUT2D eigenvalue weighted by Crippen LogP contribution is 2.53. The molecule has 8 heteroatoms. The molecule has 4 aliphatic heterocycles. The van der Waals surface area contributed by atoms with Gasteiger partial charge in [0.1, 0.15) is 11.6 Å². The number of amides is 3. The molecule has 8 nitrogen and oxygen atoms in total. The maximum Gasteiger partial charge on any atom is 0.249 e. The molecule has 4 aliphatic rings. The Balaban J connectivity index is 1.76. The van der Waals surface area contributed by atoms with E-state index in [1.54, 1.807) is 14.7 Å². The third-order valence-electron chi connectivity index (χ3n) is 7.60. The highest BCUT2D eigenvalue weighted by Gasteiger charge is 2.71. The van der Waals surface area contributed by atoms with E-state index in [4.69, 9.17) is 9.84 Å². The minimum absolute atomic E-state index is 0.0641. The lowest BCUT2D eigenvalue weighted by molar-refractivity contribution is -0.151. The van der Waals surface area contributed by atoms with Crippen molar-refractivity contribution in [1.29, 1.82) is 0 Å². The number of fused-ring (bicyclic) bond motifs is 2. The lowest BCUT2D eigenvalue weighted by Crippen LogP contribution is -2.58. The van der Waals surface area contributed by atoms with Gasteiger partial charge in [0.2, 0.25) is 17.7 Å². The standard InChI is InChI=1S/C26H39N3O5/c1-5-13-27-14-9-11-18-19(22(27)31)20-23(32)28(15-7-6-8-17-30)21-24(33)29(25(2,3)4)16-10-12-26(20,21)34-18/h9-12,18-21,30H,5-8,13-17H2,1-4H3/t18-,19+,20+,21?,26+/m1/s1. The average Bonchev–Trinajstić information content (AvgIpc) is 3.08. The van der Waals surface area contributed by atoms with E-state index in [1.165, 1.54) is 0 Å². The first-order valence-corrected chi connectivity index (χ1v) is 12.7. The first-order valence-electron chi connectivity index (χ1n) is 12.7. The summed E-state index contributed by atoms with van der Waals surface area (Å²) in [7, 11) is 0. The molecular weight excluding hydrogens is 434 g/mol. The van der Waals surface area contributed by atoms with Crippen molar-refractivity contribution in [3.63, 3.8) is 0 Å². The minimum atomic E-state index is -1.16. The predicted octanol–water partition coefficient (Wildman–Crippen LogP) is 1.74. The smallest absolute Gasteiger partial charge is 0.249 e. The molecule has 0 bridgehead atoms. The van der Waals surface area contributed by atoms with Crippen LogP contribution < -0.4 is 0 Å². The summed E-state index contributed by atoms with van der Waals surface area (Å²) < 4.78 is 6.63. The number of aliphatic hydroxyl groups excluding tert-OH is 1. The highest BCUT2D eigenvalue weighted by atomic mass is 16.5. The number of carbonyl (C=O) groups is 3. The van der Waals surface area contributed by atoms with Crippen molar-refractivity contribution in [2.45, 2.75) is 76.7 Å². The van der Waals surface area contributed by atoms with Crippen LogP contribution in [0.5, 0.6) is 0 Å². The molecule has 2 saturated heterocycles. The van der Waals surface area contributed by atoms with Crippen molar-refractivity contribution in [3.05, 3.63) is 24.3 Å². The summed E-state index contributed by atoms with van der Waals surface area (Å²) in [4.78, 5) is 47.0. The van der Waals surface area contributed by atoms with Crippen LogP contribution in [0.15, 0.2) is 24.3 Å². The van der Waals surface area contributed by atoms with Gasteiger partial charge in [-0.25, -0.2) is 0 Å². The van der Waals surface area contributed by atoms with Gasteiger partial charge in [0, 0.05) is 38.3 Å². The summed E-state index contributed by atoms with van der Waals surface area (Å²) in [6.45, 7) is 10.1. The monoisotopic (exact) mass is 473 g/mol. The molecule has 0 saturated carbocycles. The molecule has 1 spiro atoms. The molecule has 0 aromatic heterocycles. The van der Waals surface area contributed by atoms with E-state index in [-0.39, 0.29) is 24.3 Å². The molecule has 2 fully saturated rings. The van der Waals surface area contributed by atoms with Crippen LogP contribution in [-0.2, 0) is 19.1 Å². The minimum Gasteiger partial charge on any atom is -0.396 e. The van der Waals surface area contributed by atoms with Crippen molar-refractivity contribution in [2.24, 2.45) is 11.8 Å². The zero-order valence-electron chi connectivity index (χ0n) is 20.9. The fourth-order valence-electron chi connectivity index (χ4n) is 6.07. The van der Waals surface area contributed by atoms with Crippen LogP contribution in [0.25, 0.3) is 0 Å². The van der Waals surface area contributed by atoms with Crippen LogP contribution in [0.4, 0.5) is 0 Å². The van der Waals surface area contributed by atoms with Crippen LogP contribution in [-0.4, -0.2) is 93.6 Å². The van der Waals surface area contributed by atoms with E-state index in [0.29, 0.717) is 39.0 Å². The summed E-state index contributed by atoms with van der Waals surface area (Å²) in [5.41, 5.74) is -1.58. The Kier molecular flexibility index (Phi) is 6.93. The molecule has 0 radical (unpaired) electrons. The Morgan fingerprint density at radius 1 is 1.03 bits per heavy atom. The Morgan fingerprint density at radius 3 is 2.47 bits per heavy atom. The van der Waals surface area contributed by atoms with E-state index in [1.807, 2.05) is 52.0 Å². The molecule has 0 aromatic rings. The summed E-state index contributed by atoms with van der Waals surface area (Å²) in [5.74, 6) is -1.73. The molecule has 34 heavy (non-hydrogen) atoms. The Hall–Kier alpha value is -2.19. The van der Waals surface area contributed by atoms with Gasteiger partial charge in [0.15, 0.2) is 0 Å². The third-order valence-corrected chi connectivity index (χ3v) is 7.60. The number of hydrogen-bond donors (Lipinski definition) is 1. The number of nitrogens with zero attached hydrogens (tertiary/aromatic N) is 3. The topological polar surface area (TPSA) is 90.4 Å². The van der Waals surface area contributed by atoms with E-state index in [0.717, 1.165) is 12.8 Å². The SMILES string of the molecule is CCCN1CC=C[C@H]2O[C@]34C=CCN(C(C)(C)C)C(=O)C3N(CCCCCO)C(=O)[C@@H]4[C@H]2C1=O. The lowest BCUT2D eigenvalue weighted by atomic mass is 9.77. The molecule has 4 rings (SSSR count). The summed E-state index contributed by atoms with van der Waals surface area (Å²) in [5, 5.41) is 9.17. The van der Waals surface area contributed by atoms with Crippen molar-refractivity contribution < 1.29 is 24.2 Å². The summed E-state index contributed by atoms with van der Waals surface area (Å²) >= 11 is 0. The normalized spacial score (nSPS) is 33.2. The molecular formula is C26H39N3O5. The highest BCUT2D eigenvalue weighted by molar-refractivity contribution is 6.00. The second kappa shape index (κ2) is 9.46. The zero-order valence-corrected chi connectivity index (χ0v) is 20.9. The maximum atomic E-state index is 14.0. The average molecular weight is 474 g/mol. The number of rotatable bonds is 7. The number of hydrogen-bond acceptors (Lipinski definition) is 5. The molecule has 4 heterocycles. The lowest BCUT2D eigenvalue weighted by Gasteiger charge is -2.40. The first-order chi connectivity index (χ1) is 16.2. The first kappa shape index (κ1) is 24.9. The molecule has 1 unspecified atom stereocenters. The van der Waals surface area contributed by atoms with Gasteiger partial charge >= 0.3 is 0 Å². The van der Waals surface area contributed by atoms with Gasteiger partial charge in [0.25, 0.3) is 0 Å². The largest absolute Gasteiger partial charge is 0.396 e. The fraction of sp³-hybridized carbons (Fsp3) is 0.731. The predicted molar refractivity (Wildman–Crippen MR) is 128 cm³/mol. The molecule has 3 amide bonds. The number of ether oxygens (including phenoxy) is 1. The molecule has 0 aromatic carbocycles. The molecule has 0 aliphatic carbocycles. The number of likely N-dealkylation sites (tertiary alicyclic amines) is 1. The van der Waals surface area contributed by atoms with Crippen molar-refractivity contribution in [1.82, 2.24) is 14.7 Å². The van der Waals surface area contributed by atoms with Gasteiger partial charge in [-0.1, -0.05) is 31.2 Å². The number of unbranched alkanes of at least 4 members (excludes halogenated alkanes) is 2. The van der Waals surface area contributed by atoms with E-state index in [9.17, 15) is 14.4 Å². The van der Waals surface area contributed by atoms with Gasteiger partial charge in [-0.2, -0.15) is 0 Å². The van der Waals surface area contributed by atoms with Gasteiger partial charge in [-0.15, -0.1) is 0 Å². The Labute approximate surface area is 202 Å². The molecule has 1 N–H and O–H groups in total. The summed E-state index contributed by atoms with van der Waals surface area (Å²) in [6, 6.07) is -0.801. The second-order valence-electron chi connectivity index (χ2n) is 10.9. The Morgan fingerprint density at radius 2 is 1.79 bits per heavy atom. The number of carbonyl (C=O) groups excluding carboxylic acids is 3. The van der Waals surface area contributed by atoms with Crippen LogP contribution in [0.3, 0.4) is 0 Å². The third kappa shape index (κ3) is 3.98. The van der Waals surface area contributed by atoms with E-state index < -0.39 is 35.1 Å². The van der Waals surface area contributed by atoms with Crippen LogP contribution in [0.1, 0.15) is 53.4 Å². The fourth-order valence-corrected chi connectivity index (χ4v) is 6.07. The quantitative estimate of drug-likeness (QED) is 0.449. The maximum absolute atomic E-state index is 14.0. The van der Waals surface area contributed by atoms with Crippen molar-refractivity contribution >= 4 is 17.7 Å².